The topological polar surface area (TPSA) is 15.3 Å². The normalized spacial score (nSPS) is 20.0. The second-order valence-corrected chi connectivity index (χ2v) is 8.37. The summed E-state index contributed by atoms with van der Waals surface area (Å²) in [6.45, 7) is 15.6. The van der Waals surface area contributed by atoms with Crippen LogP contribution in [-0.4, -0.2) is 18.1 Å². The minimum Gasteiger partial charge on any atom is -0.366 e. The molecule has 23 heavy (non-hydrogen) atoms. The molecule has 0 aliphatic carbocycles. The predicted molar refractivity (Wildman–Crippen MR) is 103 cm³/mol. The van der Waals surface area contributed by atoms with Crippen molar-refractivity contribution in [3.8, 4) is 0 Å². The molecule has 3 heteroatoms. The molecule has 2 nitrogen and oxygen atoms in total. The molecule has 2 rings (SSSR count). The highest BCUT2D eigenvalue weighted by atomic mass is 35.5. The van der Waals surface area contributed by atoms with E-state index in [2.05, 4.69) is 63.9 Å². The van der Waals surface area contributed by atoms with Crippen LogP contribution in [0.2, 0.25) is 5.02 Å². The molecule has 0 aromatic heterocycles. The third-order valence-electron chi connectivity index (χ3n) is 4.99. The molecule has 1 aromatic rings. The molecule has 130 valence electrons. The van der Waals surface area contributed by atoms with Crippen molar-refractivity contribution in [3.05, 3.63) is 28.3 Å². The zero-order chi connectivity index (χ0) is 17.2. The lowest BCUT2D eigenvalue weighted by Gasteiger charge is -2.48. The number of unbranched alkanes of at least 4 members (excludes halogenated alkanes) is 1. The number of rotatable bonds is 6. The van der Waals surface area contributed by atoms with E-state index < -0.39 is 0 Å². The fourth-order valence-electron chi connectivity index (χ4n) is 3.74. The average Bonchev–Trinajstić information content (AvgIpc) is 2.44. The number of anilines is 1. The summed E-state index contributed by atoms with van der Waals surface area (Å²) in [5.41, 5.74) is 4.23. The Labute approximate surface area is 147 Å². The molecule has 0 saturated heterocycles. The molecule has 0 amide bonds. The van der Waals surface area contributed by atoms with Crippen LogP contribution in [0.5, 0.6) is 0 Å². The van der Waals surface area contributed by atoms with E-state index in [1.807, 2.05) is 0 Å². The first-order chi connectivity index (χ1) is 10.8. The van der Waals surface area contributed by atoms with Crippen LogP contribution >= 0.6 is 11.6 Å². The van der Waals surface area contributed by atoms with Gasteiger partial charge in [-0.2, -0.15) is 0 Å². The van der Waals surface area contributed by atoms with Gasteiger partial charge in [0.15, 0.2) is 0 Å². The Bertz CT molecular complexity index is 537. The highest BCUT2D eigenvalue weighted by molar-refractivity contribution is 6.31. The minimum atomic E-state index is 0.197. The van der Waals surface area contributed by atoms with Gasteiger partial charge in [0.2, 0.25) is 0 Å². The third kappa shape index (κ3) is 4.22. The number of benzene rings is 1. The van der Waals surface area contributed by atoms with E-state index in [4.69, 9.17) is 11.6 Å². The van der Waals surface area contributed by atoms with E-state index in [1.54, 1.807) is 0 Å². The van der Waals surface area contributed by atoms with Crippen molar-refractivity contribution in [2.45, 2.75) is 84.8 Å². The smallest absolute Gasteiger partial charge is 0.0471 e. The van der Waals surface area contributed by atoms with Crippen LogP contribution < -0.4 is 10.2 Å². The highest BCUT2D eigenvalue weighted by Crippen LogP contribution is 2.45. The van der Waals surface area contributed by atoms with Gasteiger partial charge in [-0.05, 0) is 49.8 Å². The summed E-state index contributed by atoms with van der Waals surface area (Å²) in [7, 11) is 0. The van der Waals surface area contributed by atoms with Crippen molar-refractivity contribution < 1.29 is 0 Å². The maximum atomic E-state index is 6.62. The highest BCUT2D eigenvalue weighted by Gasteiger charge is 2.36. The maximum absolute atomic E-state index is 6.62. The number of hydrogen-bond acceptors (Lipinski definition) is 2. The van der Waals surface area contributed by atoms with Gasteiger partial charge in [0.25, 0.3) is 0 Å². The quantitative estimate of drug-likeness (QED) is 0.713. The van der Waals surface area contributed by atoms with Crippen LogP contribution in [0, 0.1) is 0 Å². The number of halogens is 1. The third-order valence-corrected chi connectivity index (χ3v) is 5.34. The number of fused-ring (bicyclic) bond motifs is 1. The van der Waals surface area contributed by atoms with Gasteiger partial charge in [0, 0.05) is 35.4 Å². The summed E-state index contributed by atoms with van der Waals surface area (Å²) in [6.07, 6.45) is 3.65. The lowest BCUT2D eigenvalue weighted by atomic mass is 9.79. The van der Waals surface area contributed by atoms with Crippen molar-refractivity contribution >= 4 is 17.3 Å². The largest absolute Gasteiger partial charge is 0.366 e. The fraction of sp³-hybridized carbons (Fsp3) is 0.700. The Morgan fingerprint density at radius 1 is 1.35 bits per heavy atom. The zero-order valence-corrected chi connectivity index (χ0v) is 16.4. The van der Waals surface area contributed by atoms with Gasteiger partial charge in [0.05, 0.1) is 0 Å². The molecule has 0 fully saturated rings. The molecule has 1 N–H and O–H groups in total. The van der Waals surface area contributed by atoms with Gasteiger partial charge >= 0.3 is 0 Å². The van der Waals surface area contributed by atoms with Crippen molar-refractivity contribution in [1.29, 1.82) is 0 Å². The molecule has 1 atom stereocenters. The molecule has 0 bridgehead atoms. The second kappa shape index (κ2) is 7.44. The molecule has 0 saturated carbocycles. The zero-order valence-electron chi connectivity index (χ0n) is 15.7. The predicted octanol–water partition coefficient (Wildman–Crippen LogP) is 5.73. The summed E-state index contributed by atoms with van der Waals surface area (Å²) < 4.78 is 0. The Balaban J connectivity index is 2.38. The minimum absolute atomic E-state index is 0.197. The molecule has 0 radical (unpaired) electrons. The molecule has 1 heterocycles. The first kappa shape index (κ1) is 18.6. The lowest BCUT2D eigenvalue weighted by Crippen LogP contribution is -2.48. The Morgan fingerprint density at radius 3 is 2.65 bits per heavy atom. The molecule has 0 unspecified atom stereocenters. The monoisotopic (exact) mass is 336 g/mol. The van der Waals surface area contributed by atoms with E-state index in [-0.39, 0.29) is 5.54 Å². The molecular formula is C20H33ClN2. The van der Waals surface area contributed by atoms with E-state index in [9.17, 15) is 0 Å². The summed E-state index contributed by atoms with van der Waals surface area (Å²) >= 11 is 6.62. The standard InChI is InChI=1S/C20H33ClN2/c1-7-8-9-23-19-11-18(21)16(13-22-14(2)3)10-17(19)15(4)12-20(23,5)6/h10-11,14-15,22H,7-9,12-13H2,1-6H3/t15-/m1/s1. The van der Waals surface area contributed by atoms with Gasteiger partial charge in [-0.25, -0.2) is 0 Å². The van der Waals surface area contributed by atoms with Crippen molar-refractivity contribution in [2.75, 3.05) is 11.4 Å². The Kier molecular flexibility index (Phi) is 6.02. The maximum Gasteiger partial charge on any atom is 0.0471 e. The first-order valence-electron chi connectivity index (χ1n) is 9.09. The fourth-order valence-corrected chi connectivity index (χ4v) is 3.96. The van der Waals surface area contributed by atoms with Crippen LogP contribution in [0.1, 0.15) is 77.8 Å². The number of hydrogen-bond donors (Lipinski definition) is 1. The van der Waals surface area contributed by atoms with Crippen molar-refractivity contribution in [3.63, 3.8) is 0 Å². The number of nitrogens with one attached hydrogen (secondary N) is 1. The average molecular weight is 337 g/mol. The van der Waals surface area contributed by atoms with Crippen molar-refractivity contribution in [1.82, 2.24) is 5.32 Å². The van der Waals surface area contributed by atoms with Gasteiger partial charge in [-0.3, -0.25) is 0 Å². The van der Waals surface area contributed by atoms with Crippen LogP contribution in [-0.2, 0) is 6.54 Å². The summed E-state index contributed by atoms with van der Waals surface area (Å²) in [4.78, 5) is 2.58. The second-order valence-electron chi connectivity index (χ2n) is 7.96. The summed E-state index contributed by atoms with van der Waals surface area (Å²) in [5.74, 6) is 0.577. The first-order valence-corrected chi connectivity index (χ1v) is 9.47. The van der Waals surface area contributed by atoms with Crippen LogP contribution in [0.15, 0.2) is 12.1 Å². The van der Waals surface area contributed by atoms with Crippen LogP contribution in [0.4, 0.5) is 5.69 Å². The van der Waals surface area contributed by atoms with E-state index in [0.29, 0.717) is 12.0 Å². The number of nitrogens with zero attached hydrogens (tertiary/aromatic N) is 1. The van der Waals surface area contributed by atoms with Gasteiger partial charge in [-0.1, -0.05) is 51.8 Å². The molecule has 1 aliphatic heterocycles. The van der Waals surface area contributed by atoms with E-state index >= 15 is 0 Å². The van der Waals surface area contributed by atoms with E-state index in [0.717, 1.165) is 18.1 Å². The Morgan fingerprint density at radius 2 is 2.04 bits per heavy atom. The molecule has 1 aliphatic rings. The van der Waals surface area contributed by atoms with Crippen LogP contribution in [0.25, 0.3) is 0 Å². The molecule has 0 spiro atoms. The van der Waals surface area contributed by atoms with Crippen LogP contribution in [0.3, 0.4) is 0 Å². The summed E-state index contributed by atoms with van der Waals surface area (Å²) in [6, 6.07) is 5.02. The van der Waals surface area contributed by atoms with Gasteiger partial charge in [0.1, 0.15) is 0 Å². The lowest BCUT2D eigenvalue weighted by molar-refractivity contribution is 0.373. The van der Waals surface area contributed by atoms with E-state index in [1.165, 1.54) is 36.1 Å². The SMILES string of the molecule is CCCCN1c2cc(Cl)c(CNC(C)C)cc2[C@H](C)CC1(C)C. The van der Waals surface area contributed by atoms with Crippen molar-refractivity contribution in [2.24, 2.45) is 0 Å². The van der Waals surface area contributed by atoms with Gasteiger partial charge in [-0.15, -0.1) is 0 Å². The Hall–Kier alpha value is -0.730. The molecular weight excluding hydrogens is 304 g/mol. The molecule has 1 aromatic carbocycles. The van der Waals surface area contributed by atoms with Gasteiger partial charge < -0.3 is 10.2 Å². The summed E-state index contributed by atoms with van der Waals surface area (Å²) in [5, 5.41) is 4.38.